The second-order valence-electron chi connectivity index (χ2n) is 7.20. The lowest BCUT2D eigenvalue weighted by molar-refractivity contribution is -0.140. The highest BCUT2D eigenvalue weighted by Gasteiger charge is 2.46. The van der Waals surface area contributed by atoms with Crippen molar-refractivity contribution in [3.8, 4) is 5.75 Å². The molecule has 2 aromatic rings. The summed E-state index contributed by atoms with van der Waals surface area (Å²) < 4.78 is 11.1. The van der Waals surface area contributed by atoms with Crippen molar-refractivity contribution < 1.29 is 24.2 Å². The zero-order valence-electron chi connectivity index (χ0n) is 17.1. The first-order valence-corrected chi connectivity index (χ1v) is 10.0. The second kappa shape index (κ2) is 9.32. The molecule has 1 aliphatic heterocycles. The number of hydrogen-bond donors (Lipinski definition) is 1. The SMILES string of the molecule is COCCN1C(=O)C(=O)/C(=C(\O)c2cccc(Cl)c2)C1c1ccccc1OC(C)C. The molecule has 30 heavy (non-hydrogen) atoms. The highest BCUT2D eigenvalue weighted by atomic mass is 35.5. The van der Waals surface area contributed by atoms with E-state index in [0.29, 0.717) is 21.9 Å². The fourth-order valence-electron chi connectivity index (χ4n) is 3.48. The largest absolute Gasteiger partial charge is 0.507 e. The van der Waals surface area contributed by atoms with Gasteiger partial charge in [-0.15, -0.1) is 0 Å². The number of ketones is 1. The fraction of sp³-hybridized carbons (Fsp3) is 0.304. The van der Waals surface area contributed by atoms with E-state index < -0.39 is 17.7 Å². The number of aliphatic hydroxyl groups is 1. The molecule has 1 atom stereocenters. The highest BCUT2D eigenvalue weighted by Crippen LogP contribution is 2.42. The Kier molecular flexibility index (Phi) is 6.80. The van der Waals surface area contributed by atoms with Crippen LogP contribution in [0.1, 0.15) is 31.0 Å². The van der Waals surface area contributed by atoms with E-state index in [4.69, 9.17) is 21.1 Å². The highest BCUT2D eigenvalue weighted by molar-refractivity contribution is 6.46. The number of carbonyl (C=O) groups is 2. The van der Waals surface area contributed by atoms with Crippen LogP contribution in [0.15, 0.2) is 54.1 Å². The number of ether oxygens (including phenoxy) is 2. The molecule has 3 rings (SSSR count). The van der Waals surface area contributed by atoms with Gasteiger partial charge in [0.15, 0.2) is 0 Å². The van der Waals surface area contributed by atoms with Crippen LogP contribution in [0.2, 0.25) is 5.02 Å². The average molecular weight is 430 g/mol. The standard InChI is InChI=1S/C23H24ClNO5/c1-14(2)30-18-10-5-4-9-17(18)20-19(21(26)15-7-6-8-16(24)13-15)22(27)23(28)25(20)11-12-29-3/h4-10,13-14,20,26H,11-12H2,1-3H3/b21-19-. The van der Waals surface area contributed by atoms with E-state index in [1.54, 1.807) is 42.5 Å². The van der Waals surface area contributed by atoms with Crippen molar-refractivity contribution in [2.75, 3.05) is 20.3 Å². The number of likely N-dealkylation sites (tertiary alicyclic amines) is 1. The first-order valence-electron chi connectivity index (χ1n) is 9.64. The lowest BCUT2D eigenvalue weighted by atomic mass is 9.94. The normalized spacial score (nSPS) is 18.3. The van der Waals surface area contributed by atoms with Crippen LogP contribution in [0.3, 0.4) is 0 Å². The van der Waals surface area contributed by atoms with E-state index in [2.05, 4.69) is 0 Å². The van der Waals surface area contributed by atoms with Crippen molar-refractivity contribution in [3.05, 3.63) is 70.3 Å². The van der Waals surface area contributed by atoms with Gasteiger partial charge in [0.1, 0.15) is 11.5 Å². The van der Waals surface area contributed by atoms with Gasteiger partial charge in [-0.3, -0.25) is 9.59 Å². The maximum Gasteiger partial charge on any atom is 0.295 e. The van der Waals surface area contributed by atoms with Crippen molar-refractivity contribution in [1.82, 2.24) is 4.90 Å². The van der Waals surface area contributed by atoms with Crippen molar-refractivity contribution >= 4 is 29.1 Å². The van der Waals surface area contributed by atoms with Crippen LogP contribution in [0.4, 0.5) is 0 Å². The van der Waals surface area contributed by atoms with Crippen LogP contribution in [0.5, 0.6) is 5.75 Å². The molecular weight excluding hydrogens is 406 g/mol. The molecule has 158 valence electrons. The molecule has 6 nitrogen and oxygen atoms in total. The van der Waals surface area contributed by atoms with Gasteiger partial charge in [-0.2, -0.15) is 0 Å². The lowest BCUT2D eigenvalue weighted by Gasteiger charge is -2.27. The molecule has 1 aliphatic rings. The summed E-state index contributed by atoms with van der Waals surface area (Å²) in [6.45, 7) is 4.22. The lowest BCUT2D eigenvalue weighted by Crippen LogP contribution is -2.33. The molecule has 0 radical (unpaired) electrons. The third-order valence-corrected chi connectivity index (χ3v) is 4.99. The smallest absolute Gasteiger partial charge is 0.295 e. The summed E-state index contributed by atoms with van der Waals surface area (Å²) in [6, 6.07) is 12.9. The molecule has 1 heterocycles. The van der Waals surface area contributed by atoms with E-state index >= 15 is 0 Å². The molecule has 2 aromatic carbocycles. The van der Waals surface area contributed by atoms with E-state index in [-0.39, 0.29) is 30.6 Å². The molecule has 0 aromatic heterocycles. The Morgan fingerprint density at radius 1 is 1.17 bits per heavy atom. The zero-order valence-corrected chi connectivity index (χ0v) is 17.8. The minimum absolute atomic E-state index is 0.00169. The van der Waals surface area contributed by atoms with Crippen LogP contribution in [0.25, 0.3) is 5.76 Å². The molecule has 1 unspecified atom stereocenters. The van der Waals surface area contributed by atoms with Gasteiger partial charge in [0, 0.05) is 29.8 Å². The molecule has 0 saturated carbocycles. The summed E-state index contributed by atoms with van der Waals surface area (Å²) in [5.41, 5.74) is 0.975. The van der Waals surface area contributed by atoms with Gasteiger partial charge in [-0.1, -0.05) is 41.9 Å². The van der Waals surface area contributed by atoms with E-state index in [1.807, 2.05) is 19.9 Å². The number of carbonyl (C=O) groups excluding carboxylic acids is 2. The maximum atomic E-state index is 13.0. The van der Waals surface area contributed by atoms with E-state index in [1.165, 1.54) is 12.0 Å². The van der Waals surface area contributed by atoms with Gasteiger partial charge >= 0.3 is 0 Å². The van der Waals surface area contributed by atoms with Crippen molar-refractivity contribution in [3.63, 3.8) is 0 Å². The number of benzene rings is 2. The monoisotopic (exact) mass is 429 g/mol. The third-order valence-electron chi connectivity index (χ3n) is 4.75. The Hall–Kier alpha value is -2.83. The van der Waals surface area contributed by atoms with Crippen molar-refractivity contribution in [2.45, 2.75) is 26.0 Å². The van der Waals surface area contributed by atoms with E-state index in [0.717, 1.165) is 0 Å². The van der Waals surface area contributed by atoms with E-state index in [9.17, 15) is 14.7 Å². The number of nitrogens with zero attached hydrogens (tertiary/aromatic N) is 1. The molecule has 0 spiro atoms. The van der Waals surface area contributed by atoms with Crippen molar-refractivity contribution in [2.24, 2.45) is 0 Å². The number of Topliss-reactive ketones (excluding diaryl/α,β-unsaturated/α-hetero) is 1. The fourth-order valence-corrected chi connectivity index (χ4v) is 3.67. The van der Waals surface area contributed by atoms with Gasteiger partial charge in [0.2, 0.25) is 0 Å². The molecule has 1 fully saturated rings. The minimum atomic E-state index is -0.811. The van der Waals surface area contributed by atoms with Gasteiger partial charge in [0.25, 0.3) is 11.7 Å². The number of aliphatic hydroxyl groups excluding tert-OH is 1. The average Bonchev–Trinajstić information content (AvgIpc) is 2.96. The Morgan fingerprint density at radius 3 is 2.57 bits per heavy atom. The maximum absolute atomic E-state index is 13.0. The summed E-state index contributed by atoms with van der Waals surface area (Å²) in [6.07, 6.45) is -0.111. The number of halogens is 1. The summed E-state index contributed by atoms with van der Waals surface area (Å²) in [7, 11) is 1.52. The predicted molar refractivity (Wildman–Crippen MR) is 115 cm³/mol. The summed E-state index contributed by atoms with van der Waals surface area (Å²) in [5, 5.41) is 11.4. The van der Waals surface area contributed by atoms with Gasteiger partial charge in [-0.05, 0) is 32.0 Å². The number of para-hydroxylation sites is 1. The van der Waals surface area contributed by atoms with Crippen molar-refractivity contribution in [1.29, 1.82) is 0 Å². The number of rotatable bonds is 7. The Bertz CT molecular complexity index is 985. The molecule has 7 heteroatoms. The molecule has 0 aliphatic carbocycles. The predicted octanol–water partition coefficient (Wildman–Crippen LogP) is 4.20. The van der Waals surface area contributed by atoms with Crippen LogP contribution in [-0.4, -0.2) is 48.1 Å². The zero-order chi connectivity index (χ0) is 21.8. The molecular formula is C23H24ClNO5. The second-order valence-corrected chi connectivity index (χ2v) is 7.64. The van der Waals surface area contributed by atoms with Gasteiger partial charge in [-0.25, -0.2) is 0 Å². The van der Waals surface area contributed by atoms with Crippen LogP contribution >= 0.6 is 11.6 Å². The van der Waals surface area contributed by atoms with Gasteiger partial charge < -0.3 is 19.5 Å². The quantitative estimate of drug-likeness (QED) is 0.405. The topological polar surface area (TPSA) is 76.1 Å². The summed E-state index contributed by atoms with van der Waals surface area (Å²) in [5.74, 6) is -1.19. The first-order chi connectivity index (χ1) is 14.3. The molecule has 0 bridgehead atoms. The van der Waals surface area contributed by atoms with Crippen LogP contribution in [0, 0.1) is 0 Å². The number of hydrogen-bond acceptors (Lipinski definition) is 5. The number of amides is 1. The van der Waals surface area contributed by atoms with Gasteiger partial charge in [0.05, 0.1) is 24.3 Å². The Balaban J connectivity index is 2.21. The minimum Gasteiger partial charge on any atom is -0.507 e. The number of methoxy groups -OCH3 is 1. The molecule has 1 amide bonds. The summed E-state index contributed by atoms with van der Waals surface area (Å²) in [4.78, 5) is 27.2. The summed E-state index contributed by atoms with van der Waals surface area (Å²) >= 11 is 6.06. The van der Waals surface area contributed by atoms with Crippen LogP contribution in [-0.2, 0) is 14.3 Å². The first kappa shape index (κ1) is 21.9. The third kappa shape index (κ3) is 4.35. The van der Waals surface area contributed by atoms with Crippen LogP contribution < -0.4 is 4.74 Å². The molecule has 1 N–H and O–H groups in total. The Morgan fingerprint density at radius 2 is 1.90 bits per heavy atom. The molecule has 1 saturated heterocycles. The Labute approximate surface area is 180 Å².